The number of hydrogen-bond acceptors (Lipinski definition) is 6. The first kappa shape index (κ1) is 34.9. The van der Waals surface area contributed by atoms with Crippen LogP contribution >= 0.6 is 34.2 Å². The molecule has 0 bridgehead atoms. The van der Waals surface area contributed by atoms with Gasteiger partial charge < -0.3 is 14.4 Å². The molecule has 5 aromatic rings. The van der Waals surface area contributed by atoms with Crippen molar-refractivity contribution in [3.05, 3.63) is 157 Å². The van der Waals surface area contributed by atoms with Crippen molar-refractivity contribution in [2.24, 2.45) is 0 Å². The molecule has 8 nitrogen and oxygen atoms in total. The lowest BCUT2D eigenvalue weighted by atomic mass is 9.76. The summed E-state index contributed by atoms with van der Waals surface area (Å²) in [5.41, 5.74) is 7.44. The molecule has 0 radical (unpaired) electrons. The van der Waals surface area contributed by atoms with Gasteiger partial charge in [-0.05, 0) is 111 Å². The number of carbonyl (C=O) groups excluding carboxylic acids is 3. The first-order chi connectivity index (χ1) is 25.8. The van der Waals surface area contributed by atoms with E-state index in [9.17, 15) is 14.4 Å². The van der Waals surface area contributed by atoms with Gasteiger partial charge in [-0.3, -0.25) is 14.9 Å². The number of hydrogen-bond donors (Lipinski definition) is 1. The van der Waals surface area contributed by atoms with Crippen LogP contribution in [0.25, 0.3) is 6.08 Å². The molecule has 0 unspecified atom stereocenters. The van der Waals surface area contributed by atoms with E-state index in [0.29, 0.717) is 34.4 Å². The molecular weight excluding hydrogens is 801 g/mol. The van der Waals surface area contributed by atoms with Crippen LogP contribution in [0.2, 0.25) is 5.02 Å². The predicted molar refractivity (Wildman–Crippen MR) is 215 cm³/mol. The normalized spacial score (nSPS) is 18.8. The van der Waals surface area contributed by atoms with E-state index >= 15 is 0 Å². The Morgan fingerprint density at radius 2 is 1.43 bits per heavy atom. The Morgan fingerprint density at radius 3 is 2.02 bits per heavy atom. The first-order valence-corrected chi connectivity index (χ1v) is 18.9. The standard InChI is InChI=1S/C43H35ClIN3O5/c1-52-38-22-27(21-37(45)40(38)53-25-26-12-14-30(44)15-13-26)20-36-41(49)46-43(51)48(42(36)50)31-23-34-32(28-8-4-2-5-9-28)16-18-47-19-17-33(35(24-31)39(34)47)29-10-6-3-7-11-29/h2-15,20-24,32-33H,16-19,25H2,1H3,(H,46,49,51)/b36-20+/t32-,33+. The molecular formula is C43H35ClIN3O5. The van der Waals surface area contributed by atoms with Crippen molar-refractivity contribution >= 4 is 69.5 Å². The van der Waals surface area contributed by atoms with Gasteiger partial charge in [0.1, 0.15) is 12.2 Å². The van der Waals surface area contributed by atoms with Crippen LogP contribution in [0.4, 0.5) is 16.2 Å². The lowest BCUT2D eigenvalue weighted by Gasteiger charge is -2.44. The number of anilines is 2. The molecule has 8 rings (SSSR count). The highest BCUT2D eigenvalue weighted by molar-refractivity contribution is 14.1. The summed E-state index contributed by atoms with van der Waals surface area (Å²) in [6.45, 7) is 2.12. The molecule has 3 heterocycles. The van der Waals surface area contributed by atoms with E-state index in [1.165, 1.54) is 30.0 Å². The highest BCUT2D eigenvalue weighted by atomic mass is 127. The van der Waals surface area contributed by atoms with Gasteiger partial charge in [-0.15, -0.1) is 0 Å². The Bertz CT molecular complexity index is 2190. The summed E-state index contributed by atoms with van der Waals surface area (Å²) < 4.78 is 12.5. The number of amides is 4. The van der Waals surface area contributed by atoms with E-state index in [1.807, 2.05) is 60.7 Å². The molecule has 10 heteroatoms. The number of nitrogens with one attached hydrogen (secondary N) is 1. The van der Waals surface area contributed by atoms with Crippen LogP contribution in [0.1, 0.15) is 58.1 Å². The van der Waals surface area contributed by atoms with Crippen molar-refractivity contribution in [1.82, 2.24) is 5.32 Å². The Balaban J connectivity index is 1.18. The SMILES string of the molecule is COc1cc(/C=C2\C(=O)NC(=O)N(c3cc4c5c(c3)[C@H](c3ccccc3)CCN5CC[C@@H]4c3ccccc3)C2=O)cc(I)c1OCc1ccc(Cl)cc1. The lowest BCUT2D eigenvalue weighted by molar-refractivity contribution is -0.122. The van der Waals surface area contributed by atoms with E-state index in [0.717, 1.165) is 51.1 Å². The third-order valence-electron chi connectivity index (χ3n) is 10.2. The van der Waals surface area contributed by atoms with Crippen molar-refractivity contribution in [2.75, 3.05) is 30.0 Å². The van der Waals surface area contributed by atoms with Crippen LogP contribution < -0.4 is 24.6 Å². The number of rotatable bonds is 8. The second-order valence-electron chi connectivity index (χ2n) is 13.4. The molecule has 3 aliphatic heterocycles. The number of carbonyl (C=O) groups is 3. The fourth-order valence-electron chi connectivity index (χ4n) is 7.73. The molecule has 3 aliphatic rings. The van der Waals surface area contributed by atoms with Crippen LogP contribution in [-0.2, 0) is 16.2 Å². The predicted octanol–water partition coefficient (Wildman–Crippen LogP) is 9.08. The summed E-state index contributed by atoms with van der Waals surface area (Å²) in [7, 11) is 1.53. The van der Waals surface area contributed by atoms with Crippen molar-refractivity contribution in [1.29, 1.82) is 0 Å². The van der Waals surface area contributed by atoms with E-state index in [2.05, 4.69) is 57.1 Å². The van der Waals surface area contributed by atoms with Crippen molar-refractivity contribution in [3.63, 3.8) is 0 Å². The highest BCUT2D eigenvalue weighted by Gasteiger charge is 2.40. The second kappa shape index (κ2) is 14.7. The minimum Gasteiger partial charge on any atom is -0.493 e. The zero-order chi connectivity index (χ0) is 36.6. The fourth-order valence-corrected chi connectivity index (χ4v) is 8.63. The first-order valence-electron chi connectivity index (χ1n) is 17.5. The van der Waals surface area contributed by atoms with Crippen molar-refractivity contribution in [2.45, 2.75) is 31.3 Å². The molecule has 5 aromatic carbocycles. The zero-order valence-corrected chi connectivity index (χ0v) is 31.8. The fraction of sp³-hybridized carbons (Fsp3) is 0.186. The van der Waals surface area contributed by atoms with Crippen LogP contribution in [0.3, 0.4) is 0 Å². The molecule has 1 N–H and O–H groups in total. The summed E-state index contributed by atoms with van der Waals surface area (Å²) in [5.74, 6) is -0.344. The molecule has 0 spiro atoms. The van der Waals surface area contributed by atoms with Gasteiger partial charge in [0.05, 0.1) is 16.4 Å². The van der Waals surface area contributed by atoms with Gasteiger partial charge in [-0.25, -0.2) is 9.69 Å². The Kier molecular flexibility index (Phi) is 9.70. The average molecular weight is 836 g/mol. The maximum atomic E-state index is 14.4. The van der Waals surface area contributed by atoms with E-state index < -0.39 is 17.8 Å². The van der Waals surface area contributed by atoms with Gasteiger partial charge in [0.15, 0.2) is 11.5 Å². The molecule has 0 aromatic heterocycles. The molecule has 53 heavy (non-hydrogen) atoms. The molecule has 1 fully saturated rings. The molecule has 2 atom stereocenters. The molecule has 0 saturated carbocycles. The largest absolute Gasteiger partial charge is 0.493 e. The van der Waals surface area contributed by atoms with Crippen LogP contribution in [0, 0.1) is 3.57 Å². The quantitative estimate of drug-likeness (QED) is 0.0954. The van der Waals surface area contributed by atoms with Gasteiger partial charge in [0.2, 0.25) is 0 Å². The van der Waals surface area contributed by atoms with Gasteiger partial charge in [0.25, 0.3) is 11.8 Å². The third-order valence-corrected chi connectivity index (χ3v) is 11.3. The second-order valence-corrected chi connectivity index (χ2v) is 15.0. The summed E-state index contributed by atoms with van der Waals surface area (Å²) in [5, 5.41) is 3.07. The van der Waals surface area contributed by atoms with Crippen molar-refractivity contribution < 1.29 is 23.9 Å². The molecule has 4 amide bonds. The van der Waals surface area contributed by atoms with Crippen LogP contribution in [0.5, 0.6) is 11.5 Å². The van der Waals surface area contributed by atoms with Gasteiger partial charge in [-0.2, -0.15) is 0 Å². The maximum Gasteiger partial charge on any atom is 0.335 e. The third kappa shape index (κ3) is 6.79. The van der Waals surface area contributed by atoms with Gasteiger partial charge >= 0.3 is 6.03 Å². The topological polar surface area (TPSA) is 88.2 Å². The number of methoxy groups -OCH3 is 1. The Labute approximate surface area is 326 Å². The van der Waals surface area contributed by atoms with Crippen molar-refractivity contribution in [3.8, 4) is 11.5 Å². The number of urea groups is 1. The summed E-state index contributed by atoms with van der Waals surface area (Å²) in [4.78, 5) is 44.9. The summed E-state index contributed by atoms with van der Waals surface area (Å²) >= 11 is 8.18. The summed E-state index contributed by atoms with van der Waals surface area (Å²) in [6, 6.07) is 34.8. The number of halogens is 2. The highest BCUT2D eigenvalue weighted by Crippen LogP contribution is 2.50. The monoisotopic (exact) mass is 835 g/mol. The lowest BCUT2D eigenvalue weighted by Crippen LogP contribution is -2.54. The zero-order valence-electron chi connectivity index (χ0n) is 28.9. The smallest absolute Gasteiger partial charge is 0.335 e. The molecule has 266 valence electrons. The Hall–Kier alpha value is -5.13. The Morgan fingerprint density at radius 1 is 0.830 bits per heavy atom. The van der Waals surface area contributed by atoms with Crippen LogP contribution in [-0.4, -0.2) is 38.0 Å². The number of ether oxygens (including phenoxy) is 2. The number of benzene rings is 5. The minimum absolute atomic E-state index is 0.0743. The van der Waals surface area contributed by atoms with Gasteiger partial charge in [0, 0.05) is 35.6 Å². The number of imide groups is 2. The molecule has 1 saturated heterocycles. The number of nitrogens with zero attached hydrogens (tertiary/aromatic N) is 2. The minimum atomic E-state index is -0.779. The maximum absolute atomic E-state index is 14.4. The number of barbiturate groups is 1. The van der Waals surface area contributed by atoms with E-state index in [-0.39, 0.29) is 17.4 Å². The summed E-state index contributed by atoms with van der Waals surface area (Å²) in [6.07, 6.45) is 3.30. The van der Waals surface area contributed by atoms with Gasteiger partial charge in [-0.1, -0.05) is 84.4 Å². The van der Waals surface area contributed by atoms with E-state index in [4.69, 9.17) is 21.1 Å². The van der Waals surface area contributed by atoms with Crippen LogP contribution in [0.15, 0.2) is 115 Å². The molecule has 0 aliphatic carbocycles. The average Bonchev–Trinajstić information content (AvgIpc) is 3.17. The van der Waals surface area contributed by atoms with E-state index in [1.54, 1.807) is 24.3 Å².